The van der Waals surface area contributed by atoms with E-state index >= 15 is 0 Å². The molecule has 0 aliphatic carbocycles. The zero-order chi connectivity index (χ0) is 15.8. The first-order valence-electron chi connectivity index (χ1n) is 7.03. The van der Waals surface area contributed by atoms with E-state index in [0.717, 1.165) is 27.4 Å². The van der Waals surface area contributed by atoms with E-state index in [-0.39, 0.29) is 11.1 Å². The summed E-state index contributed by atoms with van der Waals surface area (Å²) in [5.41, 5.74) is 0.612. The Bertz CT molecular complexity index is 945. The lowest BCUT2D eigenvalue weighted by Gasteiger charge is -2.13. The van der Waals surface area contributed by atoms with Gasteiger partial charge in [-0.15, -0.1) is 11.3 Å². The second kappa shape index (κ2) is 5.68. The highest BCUT2D eigenvalue weighted by Gasteiger charge is 2.36. The summed E-state index contributed by atoms with van der Waals surface area (Å²) in [5.74, 6) is -0.260. The molecule has 0 unspecified atom stereocenters. The van der Waals surface area contributed by atoms with Crippen molar-refractivity contribution in [1.82, 2.24) is 0 Å². The predicted molar refractivity (Wildman–Crippen MR) is 96.7 cm³/mol. The van der Waals surface area contributed by atoms with Crippen molar-refractivity contribution in [2.24, 2.45) is 0 Å². The Morgan fingerprint density at radius 1 is 0.913 bits per heavy atom. The van der Waals surface area contributed by atoms with Gasteiger partial charge in [0.1, 0.15) is 0 Å². The summed E-state index contributed by atoms with van der Waals surface area (Å²) in [5, 5.41) is 3.77. The number of hydrogen-bond acceptors (Lipinski definition) is 4. The van der Waals surface area contributed by atoms with Crippen molar-refractivity contribution in [1.29, 1.82) is 0 Å². The Morgan fingerprint density at radius 2 is 1.74 bits per heavy atom. The molecule has 0 spiro atoms. The summed E-state index contributed by atoms with van der Waals surface area (Å²) in [4.78, 5) is 27.6. The minimum Gasteiger partial charge on any atom is -0.268 e. The van der Waals surface area contributed by atoms with Crippen molar-refractivity contribution < 1.29 is 9.59 Å². The van der Waals surface area contributed by atoms with Gasteiger partial charge in [0.15, 0.2) is 0 Å². The largest absolute Gasteiger partial charge is 0.298 e. The third-order valence-corrected chi connectivity index (χ3v) is 5.29. The summed E-state index contributed by atoms with van der Waals surface area (Å²) in [7, 11) is 0. The van der Waals surface area contributed by atoms with Crippen LogP contribution in [0.3, 0.4) is 0 Å². The number of rotatable bonds is 2. The number of fused-ring (bicyclic) bond motifs is 1. The molecule has 5 heteroatoms. The molecule has 1 aliphatic heterocycles. The molecule has 0 bridgehead atoms. The summed E-state index contributed by atoms with van der Waals surface area (Å²) in [6.45, 7) is 0. The van der Waals surface area contributed by atoms with Crippen LogP contribution in [0.4, 0.5) is 10.5 Å². The highest BCUT2D eigenvalue weighted by Crippen LogP contribution is 2.37. The average Bonchev–Trinajstić information content (AvgIpc) is 3.16. The van der Waals surface area contributed by atoms with E-state index in [4.69, 9.17) is 0 Å². The minimum atomic E-state index is -0.260. The quantitative estimate of drug-likeness (QED) is 0.607. The van der Waals surface area contributed by atoms with Crippen molar-refractivity contribution in [2.75, 3.05) is 4.90 Å². The smallest absolute Gasteiger partial charge is 0.268 e. The van der Waals surface area contributed by atoms with Gasteiger partial charge in [-0.2, -0.15) is 0 Å². The lowest BCUT2D eigenvalue weighted by atomic mass is 10.1. The van der Waals surface area contributed by atoms with Crippen LogP contribution in [-0.2, 0) is 4.79 Å². The molecular formula is C18H11NO2S2. The average molecular weight is 337 g/mol. The fourth-order valence-electron chi connectivity index (χ4n) is 2.51. The normalized spacial score (nSPS) is 16.7. The summed E-state index contributed by atoms with van der Waals surface area (Å²) in [6.07, 6.45) is 1.77. The first kappa shape index (κ1) is 14.2. The van der Waals surface area contributed by atoms with Crippen LogP contribution in [0.25, 0.3) is 16.8 Å². The SMILES string of the molecule is O=C1SC(=Cc2cccs2)C(=O)N1c1ccc2ccccc2c1. The standard InChI is InChI=1S/C18H11NO2S2/c20-17-16(11-15-6-3-9-22-15)23-18(21)19(17)14-8-7-12-4-1-2-5-13(12)10-14/h1-11H. The summed E-state index contributed by atoms with van der Waals surface area (Å²) < 4.78 is 0. The maximum atomic E-state index is 12.6. The number of benzene rings is 2. The van der Waals surface area contributed by atoms with E-state index in [2.05, 4.69) is 0 Å². The molecular weight excluding hydrogens is 326 g/mol. The first-order chi connectivity index (χ1) is 11.2. The molecule has 1 saturated heterocycles. The van der Waals surface area contributed by atoms with Gasteiger partial charge in [-0.3, -0.25) is 9.59 Å². The van der Waals surface area contributed by atoms with E-state index in [1.165, 1.54) is 4.90 Å². The summed E-state index contributed by atoms with van der Waals surface area (Å²) >= 11 is 2.53. The number of imide groups is 1. The van der Waals surface area contributed by atoms with Crippen molar-refractivity contribution >= 4 is 56.8 Å². The van der Waals surface area contributed by atoms with Crippen LogP contribution in [0, 0.1) is 0 Å². The van der Waals surface area contributed by atoms with E-state index in [1.54, 1.807) is 17.4 Å². The van der Waals surface area contributed by atoms with Crippen LogP contribution < -0.4 is 4.90 Å². The number of thiophene rings is 1. The molecule has 0 radical (unpaired) electrons. The highest BCUT2D eigenvalue weighted by molar-refractivity contribution is 8.19. The zero-order valence-electron chi connectivity index (χ0n) is 11.9. The lowest BCUT2D eigenvalue weighted by molar-refractivity contribution is -0.113. The number of hydrogen-bond donors (Lipinski definition) is 0. The monoisotopic (exact) mass is 337 g/mol. The van der Waals surface area contributed by atoms with Crippen LogP contribution in [0.5, 0.6) is 0 Å². The predicted octanol–water partition coefficient (Wildman–Crippen LogP) is 5.14. The second-order valence-corrected chi connectivity index (χ2v) is 7.04. The Morgan fingerprint density at radius 3 is 2.52 bits per heavy atom. The molecule has 2 heterocycles. The topological polar surface area (TPSA) is 37.4 Å². The fourth-order valence-corrected chi connectivity index (χ4v) is 4.07. The number of amides is 2. The Balaban J connectivity index is 1.73. The molecule has 1 aliphatic rings. The van der Waals surface area contributed by atoms with Crippen LogP contribution in [0.1, 0.15) is 4.88 Å². The number of carbonyl (C=O) groups excluding carboxylic acids is 2. The van der Waals surface area contributed by atoms with Gasteiger partial charge in [0.2, 0.25) is 0 Å². The molecule has 2 aromatic carbocycles. The first-order valence-corrected chi connectivity index (χ1v) is 8.72. The molecule has 1 aromatic heterocycles. The van der Waals surface area contributed by atoms with Gasteiger partial charge >= 0.3 is 0 Å². The number of thioether (sulfide) groups is 1. The van der Waals surface area contributed by atoms with Gasteiger partial charge in [0, 0.05) is 4.88 Å². The Kier molecular flexibility index (Phi) is 3.52. The minimum absolute atomic E-state index is 0.256. The molecule has 2 amide bonds. The van der Waals surface area contributed by atoms with Gasteiger partial charge in [-0.25, -0.2) is 4.90 Å². The molecule has 3 nitrogen and oxygen atoms in total. The van der Waals surface area contributed by atoms with Crippen molar-refractivity contribution in [3.63, 3.8) is 0 Å². The molecule has 1 fully saturated rings. The van der Waals surface area contributed by atoms with E-state index in [1.807, 2.05) is 60.0 Å². The number of nitrogens with zero attached hydrogens (tertiary/aromatic N) is 1. The Hall–Kier alpha value is -2.37. The van der Waals surface area contributed by atoms with Gasteiger partial charge in [-0.1, -0.05) is 36.4 Å². The fraction of sp³-hybridized carbons (Fsp3) is 0. The lowest BCUT2D eigenvalue weighted by Crippen LogP contribution is -2.27. The number of carbonyl (C=O) groups is 2. The third-order valence-electron chi connectivity index (χ3n) is 3.60. The second-order valence-electron chi connectivity index (χ2n) is 5.06. The molecule has 23 heavy (non-hydrogen) atoms. The van der Waals surface area contributed by atoms with Crippen molar-refractivity contribution in [3.05, 3.63) is 69.8 Å². The molecule has 0 N–H and O–H groups in total. The summed E-state index contributed by atoms with van der Waals surface area (Å²) in [6, 6.07) is 17.3. The van der Waals surface area contributed by atoms with Crippen molar-refractivity contribution in [2.45, 2.75) is 0 Å². The van der Waals surface area contributed by atoms with Crippen LogP contribution in [0.15, 0.2) is 64.9 Å². The maximum Gasteiger partial charge on any atom is 0.298 e. The van der Waals surface area contributed by atoms with Crippen LogP contribution in [0.2, 0.25) is 0 Å². The zero-order valence-corrected chi connectivity index (χ0v) is 13.6. The Labute approximate surface area is 141 Å². The van der Waals surface area contributed by atoms with Gasteiger partial charge in [-0.05, 0) is 52.2 Å². The van der Waals surface area contributed by atoms with Gasteiger partial charge < -0.3 is 0 Å². The van der Waals surface area contributed by atoms with E-state index in [0.29, 0.717) is 10.6 Å². The van der Waals surface area contributed by atoms with Crippen LogP contribution in [-0.4, -0.2) is 11.1 Å². The molecule has 0 saturated carbocycles. The van der Waals surface area contributed by atoms with E-state index < -0.39 is 0 Å². The van der Waals surface area contributed by atoms with Crippen molar-refractivity contribution in [3.8, 4) is 0 Å². The molecule has 0 atom stereocenters. The number of anilines is 1. The van der Waals surface area contributed by atoms with E-state index in [9.17, 15) is 9.59 Å². The molecule has 3 aromatic rings. The molecule has 4 rings (SSSR count). The molecule has 112 valence electrons. The van der Waals surface area contributed by atoms with Gasteiger partial charge in [0.25, 0.3) is 11.1 Å². The third kappa shape index (κ3) is 2.58. The van der Waals surface area contributed by atoms with Crippen LogP contribution >= 0.6 is 23.1 Å². The van der Waals surface area contributed by atoms with Gasteiger partial charge in [0.05, 0.1) is 10.6 Å². The highest BCUT2D eigenvalue weighted by atomic mass is 32.2. The maximum absolute atomic E-state index is 12.6.